The summed E-state index contributed by atoms with van der Waals surface area (Å²) in [4.78, 5) is 0.607. The Labute approximate surface area is 125 Å². The second-order valence-corrected chi connectivity index (χ2v) is 7.28. The highest BCUT2D eigenvalue weighted by Gasteiger charge is 2.21. The van der Waals surface area contributed by atoms with Crippen LogP contribution >= 0.6 is 58.2 Å². The molecule has 6 heteroatoms. The van der Waals surface area contributed by atoms with Crippen molar-refractivity contribution in [2.45, 2.75) is 25.7 Å². The summed E-state index contributed by atoms with van der Waals surface area (Å²) in [7, 11) is 0. The van der Waals surface area contributed by atoms with Gasteiger partial charge in [-0.3, -0.25) is 0 Å². The minimum absolute atomic E-state index is 0.0393. The third-order valence-corrected chi connectivity index (χ3v) is 5.47. The number of rotatable bonds is 2. The Bertz CT molecular complexity index is 411. The number of aromatic hydroxyl groups is 1. The van der Waals surface area contributed by atoms with Crippen LogP contribution in [-0.4, -0.2) is 10.9 Å². The number of phenols is 1. The lowest BCUT2D eigenvalue weighted by Gasteiger charge is -2.19. The summed E-state index contributed by atoms with van der Waals surface area (Å²) in [6.45, 7) is 6.31. The summed E-state index contributed by atoms with van der Waals surface area (Å²) in [5, 5.41) is 10.1. The van der Waals surface area contributed by atoms with Crippen LogP contribution in [0.3, 0.4) is 0 Å². The lowest BCUT2D eigenvalue weighted by molar-refractivity contribution is 0.475. The molecule has 96 valence electrons. The lowest BCUT2D eigenvalue weighted by atomic mass is 10.0. The van der Waals surface area contributed by atoms with Crippen molar-refractivity contribution < 1.29 is 5.11 Å². The zero-order chi connectivity index (χ0) is 13.4. The van der Waals surface area contributed by atoms with Gasteiger partial charge in [-0.1, -0.05) is 67.2 Å². The van der Waals surface area contributed by atoms with Gasteiger partial charge in [0.25, 0.3) is 0 Å². The van der Waals surface area contributed by atoms with Crippen LogP contribution in [0.15, 0.2) is 4.90 Å². The number of thioether (sulfide) groups is 1. The SMILES string of the molecule is CC(C)(C)CSc1c(Cl)c(Cl)c(O)c(Cl)c1Cl. The largest absolute Gasteiger partial charge is 0.505 e. The molecule has 0 aromatic heterocycles. The predicted molar refractivity (Wildman–Crippen MR) is 78.3 cm³/mol. The van der Waals surface area contributed by atoms with Gasteiger partial charge in [0, 0.05) is 10.6 Å². The average molecular weight is 334 g/mol. The molecule has 0 saturated heterocycles. The number of benzene rings is 1. The van der Waals surface area contributed by atoms with E-state index in [1.54, 1.807) is 0 Å². The molecular formula is C11H12Cl4OS. The molecule has 0 radical (unpaired) electrons. The first-order chi connectivity index (χ1) is 7.65. The lowest BCUT2D eigenvalue weighted by Crippen LogP contribution is -2.08. The van der Waals surface area contributed by atoms with Crippen LogP contribution in [0.5, 0.6) is 5.75 Å². The molecule has 0 atom stereocenters. The number of hydrogen-bond acceptors (Lipinski definition) is 2. The zero-order valence-corrected chi connectivity index (χ0v) is 13.4. The van der Waals surface area contributed by atoms with Gasteiger partial charge in [-0.05, 0) is 5.41 Å². The van der Waals surface area contributed by atoms with Gasteiger partial charge in [0.2, 0.25) is 0 Å². The minimum Gasteiger partial charge on any atom is -0.505 e. The van der Waals surface area contributed by atoms with E-state index in [-0.39, 0.29) is 31.3 Å². The highest BCUT2D eigenvalue weighted by Crippen LogP contribution is 2.49. The van der Waals surface area contributed by atoms with E-state index in [4.69, 9.17) is 46.4 Å². The van der Waals surface area contributed by atoms with Gasteiger partial charge in [-0.25, -0.2) is 0 Å². The van der Waals surface area contributed by atoms with Crippen LogP contribution < -0.4 is 0 Å². The topological polar surface area (TPSA) is 20.2 Å². The standard InChI is InChI=1S/C11H12Cl4OS/c1-11(2,3)4-17-10-7(14)5(12)9(16)6(13)8(10)15/h16H,4H2,1-3H3. The van der Waals surface area contributed by atoms with Crippen molar-refractivity contribution in [2.75, 3.05) is 5.75 Å². The number of hydrogen-bond donors (Lipinski definition) is 1. The Morgan fingerprint density at radius 1 is 0.941 bits per heavy atom. The van der Waals surface area contributed by atoms with Crippen molar-refractivity contribution in [1.82, 2.24) is 0 Å². The molecule has 0 aliphatic heterocycles. The molecule has 0 bridgehead atoms. The molecule has 1 aromatic rings. The molecule has 0 saturated carbocycles. The first kappa shape index (κ1) is 15.6. The molecule has 0 unspecified atom stereocenters. The molecule has 0 aliphatic carbocycles. The molecule has 0 aliphatic rings. The first-order valence-corrected chi connectivity index (χ1v) is 7.32. The van der Waals surface area contributed by atoms with Crippen molar-refractivity contribution >= 4 is 58.2 Å². The average Bonchev–Trinajstić information content (AvgIpc) is 2.22. The molecule has 17 heavy (non-hydrogen) atoms. The van der Waals surface area contributed by atoms with Crippen LogP contribution in [0.1, 0.15) is 20.8 Å². The molecule has 0 heterocycles. The second kappa shape index (κ2) is 5.66. The quantitative estimate of drug-likeness (QED) is 0.517. The number of phenolic OH excluding ortho intramolecular Hbond substituents is 1. The van der Waals surface area contributed by atoms with E-state index in [9.17, 15) is 5.11 Å². The monoisotopic (exact) mass is 332 g/mol. The maximum absolute atomic E-state index is 9.58. The maximum atomic E-state index is 9.58. The van der Waals surface area contributed by atoms with E-state index < -0.39 is 0 Å². The van der Waals surface area contributed by atoms with Crippen LogP contribution in [0.4, 0.5) is 0 Å². The van der Waals surface area contributed by atoms with Gasteiger partial charge in [0.1, 0.15) is 10.0 Å². The fraction of sp³-hybridized carbons (Fsp3) is 0.455. The third kappa shape index (κ3) is 3.74. The van der Waals surface area contributed by atoms with E-state index in [1.807, 2.05) is 0 Å². The fourth-order valence-electron chi connectivity index (χ4n) is 1.02. The third-order valence-electron chi connectivity index (χ3n) is 1.85. The zero-order valence-electron chi connectivity index (χ0n) is 9.57. The van der Waals surface area contributed by atoms with Gasteiger partial charge in [0.15, 0.2) is 5.75 Å². The van der Waals surface area contributed by atoms with Crippen molar-refractivity contribution in [1.29, 1.82) is 0 Å². The van der Waals surface area contributed by atoms with E-state index >= 15 is 0 Å². The molecule has 1 rings (SSSR count). The molecule has 0 amide bonds. The fourth-order valence-corrected chi connectivity index (χ4v) is 3.33. The summed E-state index contributed by atoms with van der Waals surface area (Å²) in [6.07, 6.45) is 0. The summed E-state index contributed by atoms with van der Waals surface area (Å²) in [6, 6.07) is 0. The van der Waals surface area contributed by atoms with Crippen molar-refractivity contribution in [3.8, 4) is 5.75 Å². The molecule has 1 N–H and O–H groups in total. The van der Waals surface area contributed by atoms with Gasteiger partial charge >= 0.3 is 0 Å². The Kier molecular flexibility index (Phi) is 5.19. The second-order valence-electron chi connectivity index (χ2n) is 4.78. The Hall–Kier alpha value is 0.530. The maximum Gasteiger partial charge on any atom is 0.155 e. The van der Waals surface area contributed by atoms with Gasteiger partial charge in [0.05, 0.1) is 10.0 Å². The van der Waals surface area contributed by atoms with E-state index in [0.29, 0.717) is 4.90 Å². The predicted octanol–water partition coefficient (Wildman–Crippen LogP) is 6.14. The van der Waals surface area contributed by atoms with E-state index in [1.165, 1.54) is 11.8 Å². The highest BCUT2D eigenvalue weighted by molar-refractivity contribution is 7.99. The summed E-state index contributed by atoms with van der Waals surface area (Å²) < 4.78 is 0. The first-order valence-electron chi connectivity index (χ1n) is 4.83. The van der Waals surface area contributed by atoms with Crippen LogP contribution in [0.2, 0.25) is 20.1 Å². The van der Waals surface area contributed by atoms with Gasteiger partial charge in [-0.15, -0.1) is 11.8 Å². The molecular weight excluding hydrogens is 322 g/mol. The smallest absolute Gasteiger partial charge is 0.155 e. The van der Waals surface area contributed by atoms with Crippen LogP contribution in [0, 0.1) is 5.41 Å². The van der Waals surface area contributed by atoms with Crippen molar-refractivity contribution in [3.05, 3.63) is 20.1 Å². The molecule has 1 nitrogen and oxygen atoms in total. The number of halogens is 4. The molecule has 0 fully saturated rings. The van der Waals surface area contributed by atoms with Crippen molar-refractivity contribution in [2.24, 2.45) is 5.41 Å². The van der Waals surface area contributed by atoms with Gasteiger partial charge in [-0.2, -0.15) is 0 Å². The Morgan fingerprint density at radius 2 is 1.35 bits per heavy atom. The molecule has 1 aromatic carbocycles. The van der Waals surface area contributed by atoms with E-state index in [2.05, 4.69) is 20.8 Å². The van der Waals surface area contributed by atoms with Crippen molar-refractivity contribution in [3.63, 3.8) is 0 Å². The Morgan fingerprint density at radius 3 is 1.71 bits per heavy atom. The van der Waals surface area contributed by atoms with Gasteiger partial charge < -0.3 is 5.11 Å². The minimum atomic E-state index is -0.275. The molecule has 0 spiro atoms. The summed E-state index contributed by atoms with van der Waals surface area (Å²) >= 11 is 25.3. The summed E-state index contributed by atoms with van der Waals surface area (Å²) in [5.74, 6) is 0.535. The normalized spacial score (nSPS) is 11.9. The van der Waals surface area contributed by atoms with Crippen LogP contribution in [-0.2, 0) is 0 Å². The highest BCUT2D eigenvalue weighted by atomic mass is 35.5. The Balaban J connectivity index is 3.16. The summed E-state index contributed by atoms with van der Waals surface area (Å²) in [5.41, 5.74) is 0.119. The van der Waals surface area contributed by atoms with E-state index in [0.717, 1.165) is 5.75 Å². The van der Waals surface area contributed by atoms with Crippen LogP contribution in [0.25, 0.3) is 0 Å².